The normalized spacial score (nSPS) is 14.8. The molecule has 0 saturated carbocycles. The maximum Gasteiger partial charge on any atom is 0.472 e. The molecular weight excluding hydrogens is 1260 g/mol. The number of carbonyl (C=O) groups excluding carboxylic acids is 4. The molecule has 0 radical (unpaired) electrons. The van der Waals surface area contributed by atoms with Crippen LogP contribution in [0.5, 0.6) is 0 Å². The van der Waals surface area contributed by atoms with E-state index in [1.165, 1.54) is 38.5 Å². The standard InChI is InChI=1S/C77H128O17P2/c1-5-9-13-17-21-25-29-32-34-35-37-40-43-46-50-54-58-62-75(80)87-67-72(93-76(81)63-59-55-51-47-41-28-24-20-16-12-8-4)69-91-95(83,84)89-65-71(78)66-90-96(85,86)92-70-73(94-77(82)64-60-56-52-48-44-38-31-27-23-19-15-11-7-3)68-88-74(79)61-57-53-49-45-42-39-36-33-30-26-22-18-14-10-6-2/h9-10,13-14,20-22,24-27,31-34,36-37,40,42,45,53,57,71-73,78H,5-8,11-12,15-19,23,28-30,35,38-39,41,43-44,46-52,54-56,58-70H2,1-4H3,(H,83,84)(H,85,86)/b13-9-,14-10-,24-20-,25-21-,26-22-,31-27-,34-32-,36-33-,40-37-,45-42-,57-53-. The van der Waals surface area contributed by atoms with Gasteiger partial charge in [-0.25, -0.2) is 9.13 Å². The van der Waals surface area contributed by atoms with Crippen LogP contribution in [-0.2, 0) is 65.4 Å². The van der Waals surface area contributed by atoms with Gasteiger partial charge in [-0.15, -0.1) is 0 Å². The zero-order valence-electron chi connectivity index (χ0n) is 59.5. The van der Waals surface area contributed by atoms with Gasteiger partial charge in [0, 0.05) is 19.3 Å². The lowest BCUT2D eigenvalue weighted by atomic mass is 10.1. The molecule has 5 atom stereocenters. The molecule has 96 heavy (non-hydrogen) atoms. The Hall–Kier alpha value is -4.80. The van der Waals surface area contributed by atoms with Gasteiger partial charge in [-0.3, -0.25) is 37.3 Å². The fourth-order valence-electron chi connectivity index (χ4n) is 9.08. The zero-order valence-corrected chi connectivity index (χ0v) is 61.3. The molecule has 0 aromatic rings. The maximum atomic E-state index is 13.0. The Morgan fingerprint density at radius 2 is 0.594 bits per heavy atom. The number of rotatable bonds is 67. The lowest BCUT2D eigenvalue weighted by Crippen LogP contribution is -2.30. The summed E-state index contributed by atoms with van der Waals surface area (Å²) >= 11 is 0. The highest BCUT2D eigenvalue weighted by atomic mass is 31.2. The number of hydrogen-bond acceptors (Lipinski definition) is 15. The molecule has 0 aliphatic rings. The number of carbonyl (C=O) groups is 4. The molecule has 0 aromatic heterocycles. The van der Waals surface area contributed by atoms with Crippen LogP contribution < -0.4 is 0 Å². The molecule has 17 nitrogen and oxygen atoms in total. The molecule has 0 fully saturated rings. The summed E-state index contributed by atoms with van der Waals surface area (Å²) in [5.41, 5.74) is 0. The van der Waals surface area contributed by atoms with Crippen molar-refractivity contribution >= 4 is 39.5 Å². The predicted octanol–water partition coefficient (Wildman–Crippen LogP) is 20.5. The van der Waals surface area contributed by atoms with E-state index in [4.69, 9.17) is 37.0 Å². The second-order valence-corrected chi connectivity index (χ2v) is 26.7. The molecule has 0 rings (SSSR count). The monoisotopic (exact) mass is 1390 g/mol. The van der Waals surface area contributed by atoms with Crippen LogP contribution in [0.2, 0.25) is 0 Å². The van der Waals surface area contributed by atoms with Crippen molar-refractivity contribution < 1.29 is 80.2 Å². The first-order chi connectivity index (χ1) is 46.7. The summed E-state index contributed by atoms with van der Waals surface area (Å²) in [4.78, 5) is 72.6. The molecule has 3 N–H and O–H groups in total. The Bertz CT molecular complexity index is 2350. The first kappa shape index (κ1) is 91.2. The highest BCUT2D eigenvalue weighted by Crippen LogP contribution is 2.45. The van der Waals surface area contributed by atoms with E-state index in [1.807, 2.05) is 18.2 Å². The molecule has 0 amide bonds. The average molecular weight is 1390 g/mol. The number of phosphoric acid groups is 2. The van der Waals surface area contributed by atoms with Crippen molar-refractivity contribution in [3.63, 3.8) is 0 Å². The van der Waals surface area contributed by atoms with Crippen LogP contribution >= 0.6 is 15.6 Å². The van der Waals surface area contributed by atoms with E-state index in [-0.39, 0.29) is 25.7 Å². The van der Waals surface area contributed by atoms with E-state index in [1.54, 1.807) is 6.08 Å². The van der Waals surface area contributed by atoms with E-state index in [0.29, 0.717) is 25.7 Å². The number of unbranched alkanes of at least 4 members (excludes halogenated alkanes) is 20. The molecule has 0 aliphatic heterocycles. The van der Waals surface area contributed by atoms with Crippen molar-refractivity contribution in [2.75, 3.05) is 39.6 Å². The van der Waals surface area contributed by atoms with Gasteiger partial charge in [0.05, 0.1) is 32.8 Å². The third kappa shape index (κ3) is 67.8. The fraction of sp³-hybridized carbons (Fsp3) is 0.662. The van der Waals surface area contributed by atoms with Gasteiger partial charge >= 0.3 is 39.5 Å². The number of hydrogen-bond donors (Lipinski definition) is 3. The minimum atomic E-state index is -5.00. The Labute approximate surface area is 580 Å². The number of esters is 4. The number of aliphatic hydroxyl groups is 1. The number of allylic oxidation sites excluding steroid dienone is 21. The molecule has 5 unspecified atom stereocenters. The Morgan fingerprint density at radius 1 is 0.312 bits per heavy atom. The summed E-state index contributed by atoms with van der Waals surface area (Å²) in [6, 6.07) is 0. The Kier molecular flexibility index (Phi) is 65.3. The van der Waals surface area contributed by atoms with Gasteiger partial charge in [-0.05, 0) is 135 Å². The third-order valence-corrected chi connectivity index (χ3v) is 16.5. The van der Waals surface area contributed by atoms with Gasteiger partial charge in [0.25, 0.3) is 0 Å². The molecule has 0 heterocycles. The van der Waals surface area contributed by atoms with E-state index < -0.39 is 97.5 Å². The van der Waals surface area contributed by atoms with Crippen molar-refractivity contribution in [1.82, 2.24) is 0 Å². The van der Waals surface area contributed by atoms with Gasteiger partial charge < -0.3 is 33.8 Å². The highest BCUT2D eigenvalue weighted by Gasteiger charge is 2.30. The molecule has 0 spiro atoms. The molecule has 0 saturated heterocycles. The first-order valence-electron chi connectivity index (χ1n) is 36.4. The van der Waals surface area contributed by atoms with Crippen molar-refractivity contribution in [3.8, 4) is 0 Å². The zero-order chi connectivity index (χ0) is 70.4. The van der Waals surface area contributed by atoms with E-state index in [0.717, 1.165) is 154 Å². The van der Waals surface area contributed by atoms with E-state index in [2.05, 4.69) is 137 Å². The van der Waals surface area contributed by atoms with Crippen LogP contribution in [-0.4, -0.2) is 96.7 Å². The van der Waals surface area contributed by atoms with E-state index >= 15 is 0 Å². The minimum absolute atomic E-state index is 0.0621. The maximum absolute atomic E-state index is 13.0. The summed E-state index contributed by atoms with van der Waals surface area (Å²) in [6.45, 7) is 4.40. The lowest BCUT2D eigenvalue weighted by molar-refractivity contribution is -0.161. The van der Waals surface area contributed by atoms with Crippen molar-refractivity contribution in [3.05, 3.63) is 134 Å². The van der Waals surface area contributed by atoms with Gasteiger partial charge in [0.15, 0.2) is 12.2 Å². The fourth-order valence-corrected chi connectivity index (χ4v) is 10.7. The summed E-state index contributed by atoms with van der Waals surface area (Å²) in [6.07, 6.45) is 74.9. The molecule has 0 aliphatic carbocycles. The van der Waals surface area contributed by atoms with Crippen molar-refractivity contribution in [1.29, 1.82) is 0 Å². The first-order valence-corrected chi connectivity index (χ1v) is 39.4. The highest BCUT2D eigenvalue weighted by molar-refractivity contribution is 7.47. The molecule has 19 heteroatoms. The smallest absolute Gasteiger partial charge is 0.462 e. The number of aliphatic hydroxyl groups excluding tert-OH is 1. The summed E-state index contributed by atoms with van der Waals surface area (Å²) < 4.78 is 68.1. The summed E-state index contributed by atoms with van der Waals surface area (Å²) in [5, 5.41) is 10.6. The van der Waals surface area contributed by atoms with Crippen molar-refractivity contribution in [2.45, 2.75) is 290 Å². The van der Waals surface area contributed by atoms with Crippen molar-refractivity contribution in [2.24, 2.45) is 0 Å². The van der Waals surface area contributed by atoms with Gasteiger partial charge in [0.2, 0.25) is 0 Å². The topological polar surface area (TPSA) is 237 Å². The Balaban J connectivity index is 5.41. The second kappa shape index (κ2) is 68.7. The molecule has 548 valence electrons. The lowest BCUT2D eigenvalue weighted by Gasteiger charge is -2.21. The molecule has 0 bridgehead atoms. The summed E-state index contributed by atoms with van der Waals surface area (Å²) in [5.74, 6) is -2.38. The van der Waals surface area contributed by atoms with Gasteiger partial charge in [-0.2, -0.15) is 0 Å². The molecule has 0 aromatic carbocycles. The SMILES string of the molecule is CC/C=C\C/C=C\C/C=C\C/C=C\C/C=C\CC(=O)OCC(COP(=O)(O)OCC(O)COP(=O)(O)OCC(COC(=O)CCCCCC/C=C\C/C=C\C/C=C\C/C=C\CC)OC(=O)CCCCCCC/C=C\CCCC)OC(=O)CCCCCCC/C=C\CCCCCC. The van der Waals surface area contributed by atoms with Crippen LogP contribution in [0.25, 0.3) is 0 Å². The van der Waals surface area contributed by atoms with Gasteiger partial charge in [-0.1, -0.05) is 245 Å². The number of phosphoric ester groups is 2. The van der Waals surface area contributed by atoms with Crippen LogP contribution in [0.15, 0.2) is 134 Å². The van der Waals surface area contributed by atoms with Crippen LogP contribution in [0.3, 0.4) is 0 Å². The number of ether oxygens (including phenoxy) is 4. The largest absolute Gasteiger partial charge is 0.472 e. The van der Waals surface area contributed by atoms with Crippen LogP contribution in [0.4, 0.5) is 0 Å². The van der Waals surface area contributed by atoms with Crippen LogP contribution in [0, 0.1) is 0 Å². The second-order valence-electron chi connectivity index (χ2n) is 23.8. The minimum Gasteiger partial charge on any atom is -0.462 e. The van der Waals surface area contributed by atoms with Crippen LogP contribution in [0.1, 0.15) is 272 Å². The average Bonchev–Trinajstić information content (AvgIpc) is 1.84. The quantitative estimate of drug-likeness (QED) is 0.0169. The third-order valence-electron chi connectivity index (χ3n) is 14.6. The summed E-state index contributed by atoms with van der Waals surface area (Å²) in [7, 11) is -9.98. The molecular formula is C77H128O17P2. The van der Waals surface area contributed by atoms with E-state index in [9.17, 15) is 43.2 Å². The predicted molar refractivity (Wildman–Crippen MR) is 390 cm³/mol. The van der Waals surface area contributed by atoms with Gasteiger partial charge in [0.1, 0.15) is 19.3 Å². The Morgan fingerprint density at radius 3 is 0.969 bits per heavy atom.